The van der Waals surface area contributed by atoms with Crippen LogP contribution in [0.5, 0.6) is 11.5 Å². The normalized spacial score (nSPS) is 17.0. The first-order chi connectivity index (χ1) is 15.3. The number of para-hydroxylation sites is 2. The number of hydrogen-bond acceptors (Lipinski definition) is 3. The highest BCUT2D eigenvalue weighted by molar-refractivity contribution is 5.86. The Bertz CT molecular complexity index is 1060. The molecule has 1 saturated heterocycles. The highest BCUT2D eigenvalue weighted by Gasteiger charge is 2.28. The van der Waals surface area contributed by atoms with Crippen LogP contribution in [0.15, 0.2) is 48.7 Å². The summed E-state index contributed by atoms with van der Waals surface area (Å²) in [6, 6.07) is 14.2. The Labute approximate surface area is 182 Å². The summed E-state index contributed by atoms with van der Waals surface area (Å²) in [5.41, 5.74) is 3.18. The molecule has 6 heteroatoms. The lowest BCUT2D eigenvalue weighted by atomic mass is 9.87. The Morgan fingerprint density at radius 3 is 2.81 bits per heavy atom. The van der Waals surface area contributed by atoms with Crippen molar-refractivity contribution < 1.29 is 19.2 Å². The van der Waals surface area contributed by atoms with Gasteiger partial charge in [-0.15, -0.1) is 0 Å². The van der Waals surface area contributed by atoms with E-state index in [-0.39, 0.29) is 18.6 Å². The molecule has 31 heavy (non-hydrogen) atoms. The van der Waals surface area contributed by atoms with E-state index < -0.39 is 0 Å². The van der Waals surface area contributed by atoms with E-state index in [9.17, 15) is 4.79 Å². The van der Waals surface area contributed by atoms with Crippen LogP contribution < -0.4 is 19.7 Å². The topological polar surface area (TPSA) is 67.8 Å². The molecule has 3 N–H and O–H groups in total. The minimum atomic E-state index is -0.116. The number of hydrogen-bond donors (Lipinski definition) is 3. The summed E-state index contributed by atoms with van der Waals surface area (Å²) in [4.78, 5) is 18.0. The second kappa shape index (κ2) is 9.02. The van der Waals surface area contributed by atoms with E-state index >= 15 is 0 Å². The number of carbonyl (C=O) groups is 1. The third kappa shape index (κ3) is 4.26. The quantitative estimate of drug-likeness (QED) is 0.550. The number of aromatic amines is 1. The van der Waals surface area contributed by atoms with Crippen molar-refractivity contribution in [3.8, 4) is 11.5 Å². The van der Waals surface area contributed by atoms with Gasteiger partial charge in [0.15, 0.2) is 11.5 Å². The molecule has 3 heterocycles. The third-order valence-electron chi connectivity index (χ3n) is 6.55. The van der Waals surface area contributed by atoms with Crippen LogP contribution in [0.25, 0.3) is 10.9 Å². The molecule has 1 atom stereocenters. The molecule has 0 unspecified atom stereocenters. The molecular weight excluding hydrogens is 390 g/mol. The summed E-state index contributed by atoms with van der Waals surface area (Å²) in [6.07, 6.45) is 6.34. The summed E-state index contributed by atoms with van der Waals surface area (Å²) in [6.45, 7) is 4.39. The van der Waals surface area contributed by atoms with Gasteiger partial charge in [-0.25, -0.2) is 0 Å². The Hall–Kier alpha value is -2.99. The fraction of sp³-hybridized carbons (Fsp3) is 0.400. The maximum Gasteiger partial charge on any atom is 0.231 e. The number of aromatic nitrogens is 1. The largest absolute Gasteiger partial charge is 0.454 e. The van der Waals surface area contributed by atoms with Gasteiger partial charge < -0.3 is 24.7 Å². The van der Waals surface area contributed by atoms with Crippen LogP contribution in [-0.2, 0) is 4.79 Å². The van der Waals surface area contributed by atoms with Crippen molar-refractivity contribution in [1.29, 1.82) is 0 Å². The summed E-state index contributed by atoms with van der Waals surface area (Å²) >= 11 is 0. The summed E-state index contributed by atoms with van der Waals surface area (Å²) in [5, 5.41) is 4.30. The van der Waals surface area contributed by atoms with Gasteiger partial charge in [-0.2, -0.15) is 0 Å². The molecule has 6 nitrogen and oxygen atoms in total. The van der Waals surface area contributed by atoms with E-state index in [2.05, 4.69) is 22.4 Å². The standard InChI is InChI=1S/C25H29N3O3/c29-24(26-11-14-28-12-4-1-5-13-28)15-20(19-8-6-10-23-25(19)31-17-30-23)21-16-27-22-9-3-2-7-18(21)22/h2-3,6-10,16,20,27H,1,4-5,11-15,17H2,(H,26,29)/p+1/t20-/m0/s1. The fourth-order valence-corrected chi connectivity index (χ4v) is 4.93. The number of likely N-dealkylation sites (tertiary alicyclic amines) is 1. The van der Waals surface area contributed by atoms with Crippen molar-refractivity contribution in [2.45, 2.75) is 31.6 Å². The van der Waals surface area contributed by atoms with Gasteiger partial charge in [0, 0.05) is 35.0 Å². The van der Waals surface area contributed by atoms with Gasteiger partial charge in [0.05, 0.1) is 26.2 Å². The number of nitrogens with one attached hydrogen (secondary N) is 3. The van der Waals surface area contributed by atoms with E-state index in [0.717, 1.165) is 46.6 Å². The Balaban J connectivity index is 1.37. The van der Waals surface area contributed by atoms with Gasteiger partial charge in [0.1, 0.15) is 0 Å². The molecule has 0 bridgehead atoms. The molecule has 1 fully saturated rings. The first-order valence-electron chi connectivity index (χ1n) is 11.3. The van der Waals surface area contributed by atoms with Crippen LogP contribution >= 0.6 is 0 Å². The average molecular weight is 421 g/mol. The number of carbonyl (C=O) groups excluding carboxylic acids is 1. The highest BCUT2D eigenvalue weighted by atomic mass is 16.7. The lowest BCUT2D eigenvalue weighted by molar-refractivity contribution is -0.903. The molecule has 0 aliphatic carbocycles. The zero-order valence-corrected chi connectivity index (χ0v) is 17.8. The number of ether oxygens (including phenoxy) is 2. The fourth-order valence-electron chi connectivity index (χ4n) is 4.93. The second-order valence-corrected chi connectivity index (χ2v) is 8.54. The van der Waals surface area contributed by atoms with Gasteiger partial charge >= 0.3 is 0 Å². The van der Waals surface area contributed by atoms with Crippen molar-refractivity contribution >= 4 is 16.8 Å². The zero-order chi connectivity index (χ0) is 21.0. The van der Waals surface area contributed by atoms with Gasteiger partial charge in [0.2, 0.25) is 12.7 Å². The summed E-state index contributed by atoms with van der Waals surface area (Å²) < 4.78 is 11.4. The molecule has 1 aromatic heterocycles. The first kappa shape index (κ1) is 19.9. The van der Waals surface area contributed by atoms with Gasteiger partial charge in [-0.05, 0) is 37.0 Å². The van der Waals surface area contributed by atoms with Crippen LogP contribution in [0.2, 0.25) is 0 Å². The van der Waals surface area contributed by atoms with E-state index in [1.54, 1.807) is 4.90 Å². The molecule has 3 aromatic rings. The zero-order valence-electron chi connectivity index (χ0n) is 17.8. The Morgan fingerprint density at radius 2 is 1.90 bits per heavy atom. The van der Waals surface area contributed by atoms with Crippen molar-refractivity contribution in [2.24, 2.45) is 0 Å². The molecule has 5 rings (SSSR count). The minimum Gasteiger partial charge on any atom is -0.454 e. The maximum atomic E-state index is 13.0. The SMILES string of the molecule is O=C(C[C@@H](c1cccc2c1OCO2)c1c[nH]c2ccccc12)NCC[NH+]1CCCCC1. The number of rotatable bonds is 7. The number of H-pyrrole nitrogens is 1. The monoisotopic (exact) mass is 420 g/mol. The smallest absolute Gasteiger partial charge is 0.231 e. The van der Waals surface area contributed by atoms with Crippen molar-refractivity contribution in [1.82, 2.24) is 10.3 Å². The number of amides is 1. The molecule has 0 radical (unpaired) electrons. The molecule has 2 aliphatic heterocycles. The van der Waals surface area contributed by atoms with Gasteiger partial charge in [-0.1, -0.05) is 30.3 Å². The van der Waals surface area contributed by atoms with Crippen LogP contribution in [0, 0.1) is 0 Å². The lowest BCUT2D eigenvalue weighted by Crippen LogP contribution is -3.13. The predicted octanol–water partition coefficient (Wildman–Crippen LogP) is 2.60. The number of quaternary nitrogens is 1. The number of piperidine rings is 1. The van der Waals surface area contributed by atoms with E-state index in [4.69, 9.17) is 9.47 Å². The van der Waals surface area contributed by atoms with Crippen molar-refractivity contribution in [2.75, 3.05) is 33.0 Å². The van der Waals surface area contributed by atoms with Gasteiger partial charge in [0.25, 0.3) is 0 Å². The average Bonchev–Trinajstić information content (AvgIpc) is 3.45. The summed E-state index contributed by atoms with van der Waals surface area (Å²) in [7, 11) is 0. The van der Waals surface area contributed by atoms with Crippen LogP contribution in [0.4, 0.5) is 0 Å². The van der Waals surface area contributed by atoms with Crippen LogP contribution in [-0.4, -0.2) is 43.9 Å². The molecule has 2 aliphatic rings. The van der Waals surface area contributed by atoms with E-state index in [1.807, 2.05) is 36.5 Å². The Kier molecular flexibility index (Phi) is 5.80. The van der Waals surface area contributed by atoms with Gasteiger partial charge in [-0.3, -0.25) is 4.79 Å². The molecule has 0 spiro atoms. The van der Waals surface area contributed by atoms with E-state index in [1.165, 1.54) is 32.4 Å². The van der Waals surface area contributed by atoms with Crippen LogP contribution in [0.1, 0.15) is 42.7 Å². The lowest BCUT2D eigenvalue weighted by Gasteiger charge is -2.24. The minimum absolute atomic E-state index is 0.0724. The van der Waals surface area contributed by atoms with Crippen molar-refractivity contribution in [3.05, 3.63) is 59.8 Å². The molecule has 1 amide bonds. The molecule has 0 saturated carbocycles. The van der Waals surface area contributed by atoms with E-state index in [0.29, 0.717) is 6.42 Å². The van der Waals surface area contributed by atoms with Crippen LogP contribution in [0.3, 0.4) is 0 Å². The predicted molar refractivity (Wildman–Crippen MR) is 120 cm³/mol. The van der Waals surface area contributed by atoms with Crippen molar-refractivity contribution in [3.63, 3.8) is 0 Å². The number of fused-ring (bicyclic) bond motifs is 2. The third-order valence-corrected chi connectivity index (χ3v) is 6.55. The summed E-state index contributed by atoms with van der Waals surface area (Å²) in [5.74, 6) is 1.46. The maximum absolute atomic E-state index is 13.0. The Morgan fingerprint density at radius 1 is 1.03 bits per heavy atom. The molecular formula is C25H30N3O3+. The first-order valence-corrected chi connectivity index (χ1v) is 11.3. The highest BCUT2D eigenvalue weighted by Crippen LogP contribution is 2.43. The molecule has 2 aromatic carbocycles. The number of benzene rings is 2. The molecule has 162 valence electrons. The second-order valence-electron chi connectivity index (χ2n) is 8.54.